The van der Waals surface area contributed by atoms with Gasteiger partial charge in [-0.3, -0.25) is 4.79 Å². The molecule has 2 aromatic carbocycles. The van der Waals surface area contributed by atoms with Gasteiger partial charge in [0.2, 0.25) is 5.91 Å². The summed E-state index contributed by atoms with van der Waals surface area (Å²) < 4.78 is 10.9. The monoisotopic (exact) mass is 403 g/mol. The van der Waals surface area contributed by atoms with E-state index in [0.717, 1.165) is 15.8 Å². The van der Waals surface area contributed by atoms with Crippen molar-refractivity contribution in [2.24, 2.45) is 0 Å². The molecule has 0 heterocycles. The first-order valence-electron chi connectivity index (χ1n) is 7.63. The summed E-state index contributed by atoms with van der Waals surface area (Å²) in [4.78, 5) is 23.8. The summed E-state index contributed by atoms with van der Waals surface area (Å²) >= 11 is 3.40. The van der Waals surface area contributed by atoms with Gasteiger partial charge in [-0.1, -0.05) is 12.1 Å². The first-order chi connectivity index (χ1) is 12.0. The zero-order valence-corrected chi connectivity index (χ0v) is 15.5. The van der Waals surface area contributed by atoms with Crippen LogP contribution in [0.5, 0.6) is 5.75 Å². The molecule has 2 rings (SSSR count). The van der Waals surface area contributed by atoms with Gasteiger partial charge in [0, 0.05) is 11.8 Å². The Morgan fingerprint density at radius 3 is 2.68 bits per heavy atom. The SMILES string of the molecule is CCOC(=O)c1cccc(NC(=O)C=Cc2ccc(OC)c(Br)c2)c1. The van der Waals surface area contributed by atoms with E-state index in [1.54, 1.807) is 44.4 Å². The second-order valence-corrected chi connectivity index (χ2v) is 5.87. The van der Waals surface area contributed by atoms with Crippen LogP contribution in [0.1, 0.15) is 22.8 Å². The Labute approximate surface area is 154 Å². The molecule has 0 aliphatic rings. The van der Waals surface area contributed by atoms with Crippen LogP contribution < -0.4 is 10.1 Å². The number of rotatable bonds is 6. The lowest BCUT2D eigenvalue weighted by Crippen LogP contribution is -2.09. The molecule has 130 valence electrons. The summed E-state index contributed by atoms with van der Waals surface area (Å²) in [6, 6.07) is 12.1. The van der Waals surface area contributed by atoms with Gasteiger partial charge in [0.25, 0.3) is 0 Å². The molecule has 6 heteroatoms. The number of carbonyl (C=O) groups is 2. The molecule has 0 aliphatic carbocycles. The Kier molecular flexibility index (Phi) is 6.77. The molecule has 0 unspecified atom stereocenters. The standard InChI is InChI=1S/C19H18BrNO4/c1-3-25-19(23)14-5-4-6-15(12-14)21-18(22)10-8-13-7-9-17(24-2)16(20)11-13/h4-12H,3H2,1-2H3,(H,21,22). The zero-order chi connectivity index (χ0) is 18.2. The molecule has 0 fully saturated rings. The van der Waals surface area contributed by atoms with Crippen LogP contribution in [0, 0.1) is 0 Å². The van der Waals surface area contributed by atoms with Crippen molar-refractivity contribution in [1.29, 1.82) is 0 Å². The molecule has 0 aliphatic heterocycles. The molecule has 2 aromatic rings. The molecule has 1 amide bonds. The Bertz CT molecular complexity index is 802. The number of benzene rings is 2. The van der Waals surface area contributed by atoms with Crippen LogP contribution in [0.4, 0.5) is 5.69 Å². The molecule has 0 spiro atoms. The summed E-state index contributed by atoms with van der Waals surface area (Å²) in [5.74, 6) is 0.00237. The lowest BCUT2D eigenvalue weighted by Gasteiger charge is -2.06. The number of carbonyl (C=O) groups excluding carboxylic acids is 2. The van der Waals surface area contributed by atoms with Gasteiger partial charge in [-0.05, 0) is 64.8 Å². The topological polar surface area (TPSA) is 64.6 Å². The Hall–Kier alpha value is -2.60. The van der Waals surface area contributed by atoms with E-state index in [1.807, 2.05) is 18.2 Å². The van der Waals surface area contributed by atoms with Gasteiger partial charge in [-0.15, -0.1) is 0 Å². The van der Waals surface area contributed by atoms with Crippen molar-refractivity contribution in [3.8, 4) is 5.75 Å². The first-order valence-corrected chi connectivity index (χ1v) is 8.42. The van der Waals surface area contributed by atoms with Crippen molar-refractivity contribution in [3.63, 3.8) is 0 Å². The lowest BCUT2D eigenvalue weighted by atomic mass is 10.2. The van der Waals surface area contributed by atoms with Gasteiger partial charge < -0.3 is 14.8 Å². The highest BCUT2D eigenvalue weighted by Crippen LogP contribution is 2.26. The van der Waals surface area contributed by atoms with E-state index >= 15 is 0 Å². The quantitative estimate of drug-likeness (QED) is 0.577. The van der Waals surface area contributed by atoms with Crippen LogP contribution in [-0.4, -0.2) is 25.6 Å². The van der Waals surface area contributed by atoms with Crippen molar-refractivity contribution >= 4 is 39.6 Å². The minimum Gasteiger partial charge on any atom is -0.496 e. The summed E-state index contributed by atoms with van der Waals surface area (Å²) in [7, 11) is 1.59. The third-order valence-corrected chi connectivity index (χ3v) is 3.86. The van der Waals surface area contributed by atoms with Crippen LogP contribution >= 0.6 is 15.9 Å². The Balaban J connectivity index is 2.03. The number of nitrogens with one attached hydrogen (secondary N) is 1. The molecule has 0 bridgehead atoms. The van der Waals surface area contributed by atoms with E-state index in [2.05, 4.69) is 21.2 Å². The number of hydrogen-bond donors (Lipinski definition) is 1. The number of esters is 1. The number of methoxy groups -OCH3 is 1. The molecular weight excluding hydrogens is 386 g/mol. The second kappa shape index (κ2) is 9.03. The predicted molar refractivity (Wildman–Crippen MR) is 101 cm³/mol. The average molecular weight is 404 g/mol. The van der Waals surface area contributed by atoms with Crippen LogP contribution in [0.25, 0.3) is 6.08 Å². The molecule has 0 saturated heterocycles. The highest BCUT2D eigenvalue weighted by atomic mass is 79.9. The smallest absolute Gasteiger partial charge is 0.338 e. The molecule has 25 heavy (non-hydrogen) atoms. The van der Waals surface area contributed by atoms with E-state index in [0.29, 0.717) is 17.9 Å². The summed E-state index contributed by atoms with van der Waals surface area (Å²) in [5, 5.41) is 2.72. The first kappa shape index (κ1) is 18.7. The summed E-state index contributed by atoms with van der Waals surface area (Å²) in [6.45, 7) is 2.04. The zero-order valence-electron chi connectivity index (χ0n) is 13.9. The van der Waals surface area contributed by atoms with E-state index in [4.69, 9.17) is 9.47 Å². The number of hydrogen-bond acceptors (Lipinski definition) is 4. The van der Waals surface area contributed by atoms with Gasteiger partial charge in [0.05, 0.1) is 23.8 Å². The number of amides is 1. The lowest BCUT2D eigenvalue weighted by molar-refractivity contribution is -0.111. The maximum Gasteiger partial charge on any atom is 0.338 e. The van der Waals surface area contributed by atoms with Crippen molar-refractivity contribution in [3.05, 3.63) is 64.1 Å². The number of ether oxygens (including phenoxy) is 2. The largest absolute Gasteiger partial charge is 0.496 e. The van der Waals surface area contributed by atoms with Crippen LogP contribution in [0.15, 0.2) is 53.0 Å². The van der Waals surface area contributed by atoms with Gasteiger partial charge in [0.1, 0.15) is 5.75 Å². The fraction of sp³-hybridized carbons (Fsp3) is 0.158. The van der Waals surface area contributed by atoms with Gasteiger partial charge in [0.15, 0.2) is 0 Å². The van der Waals surface area contributed by atoms with Gasteiger partial charge in [-0.25, -0.2) is 4.79 Å². The predicted octanol–water partition coefficient (Wildman–Crippen LogP) is 4.29. The molecule has 0 saturated carbocycles. The summed E-state index contributed by atoms with van der Waals surface area (Å²) in [6.07, 6.45) is 3.11. The van der Waals surface area contributed by atoms with E-state index < -0.39 is 5.97 Å². The molecule has 5 nitrogen and oxygen atoms in total. The Morgan fingerprint density at radius 1 is 1.20 bits per heavy atom. The maximum absolute atomic E-state index is 12.1. The molecule has 1 N–H and O–H groups in total. The highest BCUT2D eigenvalue weighted by Gasteiger charge is 2.07. The number of halogens is 1. The van der Waals surface area contributed by atoms with Crippen LogP contribution in [-0.2, 0) is 9.53 Å². The van der Waals surface area contributed by atoms with Crippen molar-refractivity contribution in [2.75, 3.05) is 19.0 Å². The maximum atomic E-state index is 12.1. The second-order valence-electron chi connectivity index (χ2n) is 5.02. The summed E-state index contributed by atoms with van der Waals surface area (Å²) in [5.41, 5.74) is 1.77. The van der Waals surface area contributed by atoms with Gasteiger partial charge in [-0.2, -0.15) is 0 Å². The molecule has 0 atom stereocenters. The van der Waals surface area contributed by atoms with Crippen LogP contribution in [0.2, 0.25) is 0 Å². The van der Waals surface area contributed by atoms with Crippen molar-refractivity contribution in [2.45, 2.75) is 6.92 Å². The third-order valence-electron chi connectivity index (χ3n) is 3.24. The highest BCUT2D eigenvalue weighted by molar-refractivity contribution is 9.10. The van der Waals surface area contributed by atoms with E-state index in [9.17, 15) is 9.59 Å². The molecule has 0 aromatic heterocycles. The Morgan fingerprint density at radius 2 is 2.00 bits per heavy atom. The van der Waals surface area contributed by atoms with Crippen LogP contribution in [0.3, 0.4) is 0 Å². The fourth-order valence-electron chi connectivity index (χ4n) is 2.08. The third kappa shape index (κ3) is 5.46. The van der Waals surface area contributed by atoms with Gasteiger partial charge >= 0.3 is 5.97 Å². The van der Waals surface area contributed by atoms with E-state index in [-0.39, 0.29) is 5.91 Å². The molecular formula is C19H18BrNO4. The normalized spacial score (nSPS) is 10.5. The minimum absolute atomic E-state index is 0.298. The van der Waals surface area contributed by atoms with E-state index in [1.165, 1.54) is 6.08 Å². The average Bonchev–Trinajstić information content (AvgIpc) is 2.60. The van der Waals surface area contributed by atoms with Crippen molar-refractivity contribution in [1.82, 2.24) is 0 Å². The number of anilines is 1. The van der Waals surface area contributed by atoms with Crippen molar-refractivity contribution < 1.29 is 19.1 Å². The minimum atomic E-state index is -0.419. The molecule has 0 radical (unpaired) electrons. The fourth-order valence-corrected chi connectivity index (χ4v) is 2.64.